The van der Waals surface area contributed by atoms with E-state index in [4.69, 9.17) is 14.5 Å². The lowest BCUT2D eigenvalue weighted by Gasteiger charge is -2.36. The lowest BCUT2D eigenvalue weighted by molar-refractivity contribution is -0.122. The average Bonchev–Trinajstić information content (AvgIpc) is 3.25. The Labute approximate surface area is 186 Å². The van der Waals surface area contributed by atoms with E-state index >= 15 is 0 Å². The van der Waals surface area contributed by atoms with Gasteiger partial charge in [0.15, 0.2) is 17.3 Å². The van der Waals surface area contributed by atoms with E-state index < -0.39 is 0 Å². The molecule has 0 fully saturated rings. The molecule has 3 aromatic rings. The summed E-state index contributed by atoms with van der Waals surface area (Å²) in [5.74, 6) is 2.05. The van der Waals surface area contributed by atoms with Gasteiger partial charge in [-0.2, -0.15) is 0 Å². The van der Waals surface area contributed by atoms with Gasteiger partial charge in [0.05, 0.1) is 17.9 Å². The molecule has 2 aromatic heterocycles. The highest BCUT2D eigenvalue weighted by Crippen LogP contribution is 2.40. The maximum atomic E-state index is 12.8. The van der Waals surface area contributed by atoms with Crippen molar-refractivity contribution in [1.82, 2.24) is 25.3 Å². The number of fused-ring (bicyclic) bond motifs is 2. The molecule has 8 nitrogen and oxygen atoms in total. The summed E-state index contributed by atoms with van der Waals surface area (Å²) in [5.41, 5.74) is 3.64. The van der Waals surface area contributed by atoms with Crippen LogP contribution in [-0.2, 0) is 17.6 Å². The zero-order valence-electron chi connectivity index (χ0n) is 18.2. The van der Waals surface area contributed by atoms with Crippen LogP contribution in [0.5, 0.6) is 11.5 Å². The van der Waals surface area contributed by atoms with Crippen molar-refractivity contribution in [2.24, 2.45) is 5.41 Å². The summed E-state index contributed by atoms with van der Waals surface area (Å²) in [6.45, 7) is 4.65. The van der Waals surface area contributed by atoms with Crippen LogP contribution in [0.3, 0.4) is 0 Å². The number of hydrogen-bond acceptors (Lipinski definition) is 7. The number of aromatic nitrogens is 4. The van der Waals surface area contributed by atoms with Crippen molar-refractivity contribution >= 4 is 5.91 Å². The first-order chi connectivity index (χ1) is 15.5. The smallest absolute Gasteiger partial charge is 0.231 e. The normalized spacial score (nSPS) is 18.1. The second kappa shape index (κ2) is 8.18. The molecule has 1 aliphatic heterocycles. The monoisotopic (exact) mass is 431 g/mol. The molecular formula is C24H25N5O3. The Bertz CT molecular complexity index is 1150. The lowest BCUT2D eigenvalue weighted by Crippen LogP contribution is -2.37. The van der Waals surface area contributed by atoms with Crippen molar-refractivity contribution in [2.45, 2.75) is 45.6 Å². The number of hydrogen-bond donors (Lipinski definition) is 1. The van der Waals surface area contributed by atoms with Gasteiger partial charge in [-0.15, -0.1) is 0 Å². The van der Waals surface area contributed by atoms with Crippen LogP contribution in [0.15, 0.2) is 43.0 Å². The summed E-state index contributed by atoms with van der Waals surface area (Å²) in [7, 11) is 0. The summed E-state index contributed by atoms with van der Waals surface area (Å²) < 4.78 is 10.8. The van der Waals surface area contributed by atoms with Crippen molar-refractivity contribution in [2.75, 3.05) is 6.79 Å². The molecule has 1 N–H and O–H groups in total. The quantitative estimate of drug-likeness (QED) is 0.661. The van der Waals surface area contributed by atoms with Crippen LogP contribution in [0.4, 0.5) is 0 Å². The third kappa shape index (κ3) is 4.26. The number of amides is 1. The molecule has 0 radical (unpaired) electrons. The first-order valence-corrected chi connectivity index (χ1v) is 10.8. The Hall–Kier alpha value is -3.55. The van der Waals surface area contributed by atoms with Crippen molar-refractivity contribution in [3.8, 4) is 23.0 Å². The average molecular weight is 431 g/mol. The Balaban J connectivity index is 1.30. The summed E-state index contributed by atoms with van der Waals surface area (Å²) in [6, 6.07) is 5.69. The van der Waals surface area contributed by atoms with Crippen LogP contribution in [0.25, 0.3) is 11.5 Å². The van der Waals surface area contributed by atoms with Gasteiger partial charge in [-0.1, -0.05) is 19.9 Å². The minimum absolute atomic E-state index is 0.00863. The number of aryl methyl sites for hydroxylation is 1. The van der Waals surface area contributed by atoms with Gasteiger partial charge in [-0.05, 0) is 42.4 Å². The topological polar surface area (TPSA) is 99.1 Å². The largest absolute Gasteiger partial charge is 0.454 e. The van der Waals surface area contributed by atoms with Gasteiger partial charge in [-0.3, -0.25) is 9.78 Å². The van der Waals surface area contributed by atoms with Crippen LogP contribution < -0.4 is 14.8 Å². The van der Waals surface area contributed by atoms with E-state index in [0.29, 0.717) is 24.4 Å². The zero-order chi connectivity index (χ0) is 22.1. The molecule has 1 unspecified atom stereocenters. The van der Waals surface area contributed by atoms with Crippen molar-refractivity contribution in [3.05, 3.63) is 59.8 Å². The fourth-order valence-electron chi connectivity index (χ4n) is 4.33. The minimum Gasteiger partial charge on any atom is -0.454 e. The van der Waals surface area contributed by atoms with E-state index in [1.54, 1.807) is 18.6 Å². The van der Waals surface area contributed by atoms with Crippen LogP contribution in [0.1, 0.15) is 49.6 Å². The molecule has 0 saturated heterocycles. The predicted molar refractivity (Wildman–Crippen MR) is 117 cm³/mol. The predicted octanol–water partition coefficient (Wildman–Crippen LogP) is 3.42. The fourth-order valence-corrected chi connectivity index (χ4v) is 4.33. The highest BCUT2D eigenvalue weighted by molar-refractivity contribution is 5.77. The lowest BCUT2D eigenvalue weighted by atomic mass is 9.74. The number of rotatable bonds is 5. The number of carbonyl (C=O) groups is 1. The molecule has 5 rings (SSSR count). The Morgan fingerprint density at radius 2 is 2.03 bits per heavy atom. The molecule has 2 aliphatic rings. The molecule has 1 amide bonds. The molecule has 164 valence electrons. The van der Waals surface area contributed by atoms with Gasteiger partial charge in [0.1, 0.15) is 5.69 Å². The third-order valence-electron chi connectivity index (χ3n) is 5.88. The van der Waals surface area contributed by atoms with E-state index in [1.165, 1.54) is 0 Å². The molecule has 0 saturated carbocycles. The molecule has 1 aliphatic carbocycles. The van der Waals surface area contributed by atoms with E-state index in [1.807, 2.05) is 24.4 Å². The third-order valence-corrected chi connectivity index (χ3v) is 5.88. The molecule has 8 heteroatoms. The Morgan fingerprint density at radius 3 is 2.88 bits per heavy atom. The number of carbonyl (C=O) groups excluding carboxylic acids is 1. The van der Waals surface area contributed by atoms with Crippen LogP contribution in [0, 0.1) is 5.41 Å². The number of ether oxygens (including phenoxy) is 2. The minimum atomic E-state index is -0.117. The van der Waals surface area contributed by atoms with Gasteiger partial charge in [0.2, 0.25) is 12.7 Å². The first-order valence-electron chi connectivity index (χ1n) is 10.8. The molecule has 1 aromatic carbocycles. The fraction of sp³-hybridized carbons (Fsp3) is 0.375. The van der Waals surface area contributed by atoms with Crippen molar-refractivity contribution in [3.63, 3.8) is 0 Å². The molecule has 0 bridgehead atoms. The second-order valence-corrected chi connectivity index (χ2v) is 9.04. The number of nitrogens with one attached hydrogen (secondary N) is 1. The zero-order valence-corrected chi connectivity index (χ0v) is 18.2. The van der Waals surface area contributed by atoms with E-state index in [9.17, 15) is 4.79 Å². The van der Waals surface area contributed by atoms with Crippen molar-refractivity contribution in [1.29, 1.82) is 0 Å². The van der Waals surface area contributed by atoms with E-state index in [2.05, 4.69) is 34.1 Å². The van der Waals surface area contributed by atoms with Crippen LogP contribution >= 0.6 is 0 Å². The van der Waals surface area contributed by atoms with Gasteiger partial charge >= 0.3 is 0 Å². The summed E-state index contributed by atoms with van der Waals surface area (Å²) >= 11 is 0. The van der Waals surface area contributed by atoms with E-state index in [-0.39, 0.29) is 24.2 Å². The summed E-state index contributed by atoms with van der Waals surface area (Å²) in [4.78, 5) is 30.5. The summed E-state index contributed by atoms with van der Waals surface area (Å²) in [5, 5.41) is 3.21. The highest BCUT2D eigenvalue weighted by atomic mass is 16.7. The van der Waals surface area contributed by atoms with Gasteiger partial charge in [0.25, 0.3) is 0 Å². The van der Waals surface area contributed by atoms with Crippen LogP contribution in [0.2, 0.25) is 0 Å². The second-order valence-electron chi connectivity index (χ2n) is 9.04. The maximum absolute atomic E-state index is 12.8. The Morgan fingerprint density at radius 1 is 1.16 bits per heavy atom. The van der Waals surface area contributed by atoms with Gasteiger partial charge in [0, 0.05) is 30.6 Å². The van der Waals surface area contributed by atoms with Gasteiger partial charge < -0.3 is 14.8 Å². The molecule has 32 heavy (non-hydrogen) atoms. The number of nitrogens with zero attached hydrogens (tertiary/aromatic N) is 4. The van der Waals surface area contributed by atoms with Gasteiger partial charge in [-0.25, -0.2) is 15.0 Å². The molecule has 1 atom stereocenters. The highest BCUT2D eigenvalue weighted by Gasteiger charge is 2.34. The van der Waals surface area contributed by atoms with Crippen LogP contribution in [-0.4, -0.2) is 32.6 Å². The first kappa shape index (κ1) is 20.4. The standard InChI is InChI=1S/C24H25N5O3/c1-24(2)10-17(16-12-27-23(29-18(16)11-24)19-13-25-7-8-26-19)28-22(30)6-4-15-3-5-20-21(9-15)32-14-31-20/h3,5,7-9,12-13,17H,4,6,10-11,14H2,1-2H3,(H,28,30). The molecular weight excluding hydrogens is 406 g/mol. The Kier molecular flexibility index (Phi) is 5.20. The molecule has 3 heterocycles. The SMILES string of the molecule is CC1(C)Cc2nc(-c3cnccn3)ncc2C(NC(=O)CCc2ccc3c(c2)OCO3)C1. The number of benzene rings is 1. The van der Waals surface area contributed by atoms with Crippen molar-refractivity contribution < 1.29 is 14.3 Å². The van der Waals surface area contributed by atoms with E-state index in [0.717, 1.165) is 41.2 Å². The maximum Gasteiger partial charge on any atom is 0.231 e. The summed E-state index contributed by atoms with van der Waals surface area (Å²) in [6.07, 6.45) is 9.42. The molecule has 0 spiro atoms.